The van der Waals surface area contributed by atoms with E-state index in [1.54, 1.807) is 20.0 Å². The third-order valence-corrected chi connectivity index (χ3v) is 4.56. The molecule has 0 aliphatic carbocycles. The van der Waals surface area contributed by atoms with Crippen LogP contribution >= 0.6 is 11.9 Å². The van der Waals surface area contributed by atoms with Gasteiger partial charge in [-0.15, -0.1) is 0 Å². The van der Waals surface area contributed by atoms with Crippen molar-refractivity contribution in [2.45, 2.75) is 24.0 Å². The van der Waals surface area contributed by atoms with Crippen molar-refractivity contribution in [1.29, 1.82) is 0 Å². The van der Waals surface area contributed by atoms with Gasteiger partial charge in [-0.05, 0) is 35.7 Å². The quantitative estimate of drug-likeness (QED) is 0.591. The van der Waals surface area contributed by atoms with E-state index in [2.05, 4.69) is 0 Å². The number of aromatic nitrogens is 1. The second-order valence-electron chi connectivity index (χ2n) is 5.13. The lowest BCUT2D eigenvalue weighted by Gasteiger charge is -2.31. The minimum atomic E-state index is -4.54. The molecule has 0 amide bonds. The highest BCUT2D eigenvalue weighted by molar-refractivity contribution is 7.97. The van der Waals surface area contributed by atoms with Crippen molar-refractivity contribution < 1.29 is 17.6 Å². The van der Waals surface area contributed by atoms with E-state index in [0.717, 1.165) is 40.5 Å². The summed E-state index contributed by atoms with van der Waals surface area (Å²) in [6.07, 6.45) is -3.04. The van der Waals surface area contributed by atoms with Crippen molar-refractivity contribution in [3.63, 3.8) is 0 Å². The van der Waals surface area contributed by atoms with Crippen LogP contribution in [-0.2, 0) is 7.05 Å². The van der Waals surface area contributed by atoms with Crippen LogP contribution in [0.15, 0.2) is 52.3 Å². The summed E-state index contributed by atoms with van der Waals surface area (Å²) in [5.41, 5.74) is -0.358. The third-order valence-electron chi connectivity index (χ3n) is 3.39. The van der Waals surface area contributed by atoms with Gasteiger partial charge in [0.25, 0.3) is 5.56 Å². The molecule has 2 rings (SSSR count). The Morgan fingerprint density at radius 1 is 1.21 bits per heavy atom. The van der Waals surface area contributed by atoms with Crippen LogP contribution in [0.1, 0.15) is 18.5 Å². The molecule has 0 saturated carbocycles. The van der Waals surface area contributed by atoms with Gasteiger partial charge >= 0.3 is 6.18 Å². The molecule has 0 fully saturated rings. The maximum Gasteiger partial charge on any atom is 0.408 e. The Hall–Kier alpha value is -1.80. The summed E-state index contributed by atoms with van der Waals surface area (Å²) in [6, 6.07) is 5.22. The standard InChI is InChI=1S/C16H16F4N2OS/c1-3-22(24-13-8-9-21(2)14(23)10-13)15(16(18,19)20)11-4-6-12(17)7-5-11/h4-10,15H,3H2,1-2H3. The molecule has 0 N–H and O–H groups in total. The molecule has 0 saturated heterocycles. The van der Waals surface area contributed by atoms with E-state index in [4.69, 9.17) is 0 Å². The van der Waals surface area contributed by atoms with Crippen molar-refractivity contribution in [2.75, 3.05) is 6.54 Å². The molecule has 8 heteroatoms. The zero-order valence-corrected chi connectivity index (χ0v) is 13.9. The molecule has 1 heterocycles. The number of aryl methyl sites for hydroxylation is 1. The first kappa shape index (κ1) is 18.5. The Bertz CT molecular complexity index is 743. The number of rotatable bonds is 5. The molecular weight excluding hydrogens is 344 g/mol. The molecular formula is C16H16F4N2OS. The van der Waals surface area contributed by atoms with Gasteiger partial charge in [0.2, 0.25) is 0 Å². The van der Waals surface area contributed by atoms with Gasteiger partial charge in [0.15, 0.2) is 0 Å². The fraction of sp³-hybridized carbons (Fsp3) is 0.312. The molecule has 2 aromatic rings. The van der Waals surface area contributed by atoms with Gasteiger partial charge in [0, 0.05) is 30.8 Å². The Labute approximate surface area is 141 Å². The zero-order valence-electron chi connectivity index (χ0n) is 13.0. The second kappa shape index (κ2) is 7.40. The average molecular weight is 360 g/mol. The van der Waals surface area contributed by atoms with E-state index in [9.17, 15) is 22.4 Å². The highest BCUT2D eigenvalue weighted by Crippen LogP contribution is 2.42. The van der Waals surface area contributed by atoms with Gasteiger partial charge in [-0.3, -0.25) is 4.79 Å². The van der Waals surface area contributed by atoms with Crippen molar-refractivity contribution >= 4 is 11.9 Å². The van der Waals surface area contributed by atoms with Crippen molar-refractivity contribution in [3.8, 4) is 0 Å². The average Bonchev–Trinajstić information content (AvgIpc) is 2.50. The highest BCUT2D eigenvalue weighted by Gasteiger charge is 2.44. The summed E-state index contributed by atoms with van der Waals surface area (Å²) in [5, 5.41) is 0. The van der Waals surface area contributed by atoms with Crippen molar-refractivity contribution in [1.82, 2.24) is 8.87 Å². The van der Waals surface area contributed by atoms with E-state index in [1.807, 2.05) is 0 Å². The molecule has 0 bridgehead atoms. The van der Waals surface area contributed by atoms with Gasteiger partial charge in [-0.1, -0.05) is 19.1 Å². The highest BCUT2D eigenvalue weighted by atomic mass is 32.2. The van der Waals surface area contributed by atoms with E-state index < -0.39 is 18.0 Å². The summed E-state index contributed by atoms with van der Waals surface area (Å²) < 4.78 is 56.2. The maximum atomic E-state index is 13.6. The van der Waals surface area contributed by atoms with E-state index in [0.29, 0.717) is 4.90 Å². The first-order chi connectivity index (χ1) is 11.2. The number of hydrogen-bond acceptors (Lipinski definition) is 3. The van der Waals surface area contributed by atoms with E-state index in [-0.39, 0.29) is 17.7 Å². The molecule has 0 aliphatic rings. The topological polar surface area (TPSA) is 25.2 Å². The summed E-state index contributed by atoms with van der Waals surface area (Å²) in [5.74, 6) is -0.595. The second-order valence-corrected chi connectivity index (χ2v) is 6.25. The molecule has 24 heavy (non-hydrogen) atoms. The Kier molecular flexibility index (Phi) is 5.71. The normalized spacial score (nSPS) is 13.3. The van der Waals surface area contributed by atoms with Crippen molar-refractivity contribution in [3.05, 3.63) is 64.3 Å². The van der Waals surface area contributed by atoms with E-state index >= 15 is 0 Å². The van der Waals surface area contributed by atoms with Crippen LogP contribution in [0.3, 0.4) is 0 Å². The maximum absolute atomic E-state index is 13.6. The van der Waals surface area contributed by atoms with Crippen LogP contribution in [0, 0.1) is 5.82 Å². The molecule has 1 aromatic heterocycles. The number of halogens is 4. The smallest absolute Gasteiger partial charge is 0.319 e. The predicted molar refractivity (Wildman–Crippen MR) is 85.1 cm³/mol. The van der Waals surface area contributed by atoms with Crippen LogP contribution in [0.4, 0.5) is 17.6 Å². The zero-order chi connectivity index (χ0) is 17.9. The molecule has 1 aromatic carbocycles. The Morgan fingerprint density at radius 3 is 2.33 bits per heavy atom. The first-order valence-corrected chi connectivity index (χ1v) is 7.93. The first-order valence-electron chi connectivity index (χ1n) is 7.16. The number of pyridine rings is 1. The largest absolute Gasteiger partial charge is 0.408 e. The summed E-state index contributed by atoms with van der Waals surface area (Å²) in [7, 11) is 1.56. The fourth-order valence-electron chi connectivity index (χ4n) is 2.19. The van der Waals surface area contributed by atoms with Gasteiger partial charge < -0.3 is 4.57 Å². The summed E-state index contributed by atoms with van der Waals surface area (Å²) in [6.45, 7) is 1.68. The molecule has 1 atom stereocenters. The van der Waals surface area contributed by atoms with Crippen LogP contribution in [0.25, 0.3) is 0 Å². The monoisotopic (exact) mass is 360 g/mol. The molecule has 130 valence electrons. The van der Waals surface area contributed by atoms with Crippen LogP contribution < -0.4 is 5.56 Å². The Morgan fingerprint density at radius 2 is 1.83 bits per heavy atom. The number of alkyl halides is 3. The van der Waals surface area contributed by atoms with Crippen LogP contribution in [0.2, 0.25) is 0 Å². The fourth-order valence-corrected chi connectivity index (χ4v) is 3.21. The van der Waals surface area contributed by atoms with Crippen molar-refractivity contribution in [2.24, 2.45) is 7.05 Å². The summed E-state index contributed by atoms with van der Waals surface area (Å²) >= 11 is 0.852. The van der Waals surface area contributed by atoms with Gasteiger partial charge in [-0.2, -0.15) is 13.2 Å². The SMILES string of the molecule is CCN(Sc1ccn(C)c(=O)c1)C(c1ccc(F)cc1)C(F)(F)F. The minimum absolute atomic E-state index is 0.0536. The lowest BCUT2D eigenvalue weighted by molar-refractivity contribution is -0.172. The molecule has 0 spiro atoms. The predicted octanol–water partition coefficient (Wildman–Crippen LogP) is 4.16. The number of hydrogen-bond donors (Lipinski definition) is 0. The third kappa shape index (κ3) is 4.39. The molecule has 0 radical (unpaired) electrons. The molecule has 0 aliphatic heterocycles. The van der Waals surface area contributed by atoms with Gasteiger partial charge in [0.1, 0.15) is 11.9 Å². The lowest BCUT2D eigenvalue weighted by Crippen LogP contribution is -2.34. The van der Waals surface area contributed by atoms with Crippen LogP contribution in [-0.4, -0.2) is 21.6 Å². The molecule has 1 unspecified atom stereocenters. The van der Waals surface area contributed by atoms with Gasteiger partial charge in [-0.25, -0.2) is 8.70 Å². The number of nitrogens with zero attached hydrogens (tertiary/aromatic N) is 2. The Balaban J connectivity index is 2.36. The lowest BCUT2D eigenvalue weighted by atomic mass is 10.1. The molecule has 3 nitrogen and oxygen atoms in total. The van der Waals surface area contributed by atoms with Gasteiger partial charge in [0.05, 0.1) is 0 Å². The summed E-state index contributed by atoms with van der Waals surface area (Å²) in [4.78, 5) is 12.1. The number of benzene rings is 1. The minimum Gasteiger partial charge on any atom is -0.319 e. The van der Waals surface area contributed by atoms with E-state index in [1.165, 1.54) is 16.8 Å². The van der Waals surface area contributed by atoms with Crippen LogP contribution in [0.5, 0.6) is 0 Å².